The predicted octanol–water partition coefficient (Wildman–Crippen LogP) is 2.28. The standard InChI is InChI=1S/C15H19N3O2/c1-3-17-9-5-8-12(17)14-16-10-11-6-4-7-13(18(11)14)15(19)20-2/h4,6-7,10,12H,3,5,8-9H2,1-2H3. The number of hydrogen-bond acceptors (Lipinski definition) is 4. The zero-order valence-corrected chi connectivity index (χ0v) is 11.9. The Kier molecular flexibility index (Phi) is 3.44. The van der Waals surface area contributed by atoms with Gasteiger partial charge in [0.1, 0.15) is 11.5 Å². The summed E-state index contributed by atoms with van der Waals surface area (Å²) in [5.74, 6) is 0.622. The zero-order chi connectivity index (χ0) is 14.1. The van der Waals surface area contributed by atoms with Crippen LogP contribution in [0, 0.1) is 0 Å². The molecule has 0 aromatic carbocycles. The lowest BCUT2D eigenvalue weighted by Crippen LogP contribution is -2.25. The van der Waals surface area contributed by atoms with Crippen LogP contribution in [-0.4, -0.2) is 40.5 Å². The molecule has 0 bridgehead atoms. The van der Waals surface area contributed by atoms with Gasteiger partial charge < -0.3 is 4.74 Å². The van der Waals surface area contributed by atoms with Gasteiger partial charge in [0, 0.05) is 0 Å². The molecule has 1 aliphatic heterocycles. The molecule has 0 saturated carbocycles. The van der Waals surface area contributed by atoms with Gasteiger partial charge in [0.2, 0.25) is 0 Å². The normalized spacial score (nSPS) is 19.6. The van der Waals surface area contributed by atoms with Crippen LogP contribution in [-0.2, 0) is 4.74 Å². The average Bonchev–Trinajstić information content (AvgIpc) is 3.11. The van der Waals surface area contributed by atoms with Crippen molar-refractivity contribution in [1.82, 2.24) is 14.3 Å². The molecule has 1 fully saturated rings. The van der Waals surface area contributed by atoms with E-state index in [9.17, 15) is 4.79 Å². The van der Waals surface area contributed by atoms with E-state index >= 15 is 0 Å². The number of esters is 1. The van der Waals surface area contributed by atoms with E-state index in [2.05, 4.69) is 16.8 Å². The van der Waals surface area contributed by atoms with Gasteiger partial charge >= 0.3 is 5.97 Å². The van der Waals surface area contributed by atoms with Gasteiger partial charge in [0.15, 0.2) is 0 Å². The van der Waals surface area contributed by atoms with Crippen LogP contribution in [0.4, 0.5) is 0 Å². The maximum Gasteiger partial charge on any atom is 0.355 e. The van der Waals surface area contributed by atoms with E-state index < -0.39 is 0 Å². The summed E-state index contributed by atoms with van der Waals surface area (Å²) in [4.78, 5) is 18.9. The van der Waals surface area contributed by atoms with Crippen LogP contribution in [0.1, 0.15) is 42.1 Å². The molecule has 106 valence electrons. The van der Waals surface area contributed by atoms with Crippen molar-refractivity contribution in [2.75, 3.05) is 20.2 Å². The molecule has 3 rings (SSSR count). The molecule has 0 spiro atoms. The summed E-state index contributed by atoms with van der Waals surface area (Å²) in [6.07, 6.45) is 4.09. The summed E-state index contributed by atoms with van der Waals surface area (Å²) < 4.78 is 6.82. The first kappa shape index (κ1) is 13.1. The number of carbonyl (C=O) groups is 1. The summed E-state index contributed by atoms with van der Waals surface area (Å²) >= 11 is 0. The highest BCUT2D eigenvalue weighted by molar-refractivity contribution is 5.88. The van der Waals surface area contributed by atoms with Crippen molar-refractivity contribution in [1.29, 1.82) is 0 Å². The Hall–Kier alpha value is -1.88. The lowest BCUT2D eigenvalue weighted by Gasteiger charge is -2.22. The lowest BCUT2D eigenvalue weighted by atomic mass is 10.2. The molecule has 0 aliphatic carbocycles. The predicted molar refractivity (Wildman–Crippen MR) is 75.8 cm³/mol. The number of hydrogen-bond donors (Lipinski definition) is 0. The third kappa shape index (κ3) is 1.98. The van der Waals surface area contributed by atoms with Crippen LogP contribution in [0.3, 0.4) is 0 Å². The van der Waals surface area contributed by atoms with E-state index in [0.29, 0.717) is 5.69 Å². The third-order valence-corrected chi connectivity index (χ3v) is 4.04. The van der Waals surface area contributed by atoms with Crippen LogP contribution >= 0.6 is 0 Å². The number of fused-ring (bicyclic) bond motifs is 1. The molecule has 1 unspecified atom stereocenters. The number of ether oxygens (including phenoxy) is 1. The summed E-state index contributed by atoms with van der Waals surface area (Å²) in [6, 6.07) is 5.90. The summed E-state index contributed by atoms with van der Waals surface area (Å²) in [7, 11) is 1.41. The zero-order valence-electron chi connectivity index (χ0n) is 11.9. The summed E-state index contributed by atoms with van der Waals surface area (Å²) in [5.41, 5.74) is 1.48. The van der Waals surface area contributed by atoms with Gasteiger partial charge in [-0.2, -0.15) is 0 Å². The van der Waals surface area contributed by atoms with Crippen molar-refractivity contribution in [3.63, 3.8) is 0 Å². The minimum Gasteiger partial charge on any atom is -0.464 e. The highest BCUT2D eigenvalue weighted by Gasteiger charge is 2.29. The maximum atomic E-state index is 12.0. The van der Waals surface area contributed by atoms with Gasteiger partial charge in [-0.1, -0.05) is 13.0 Å². The van der Waals surface area contributed by atoms with Gasteiger partial charge in [0.25, 0.3) is 0 Å². The number of pyridine rings is 1. The van der Waals surface area contributed by atoms with E-state index in [1.807, 2.05) is 22.7 Å². The molecule has 5 heteroatoms. The molecule has 0 radical (unpaired) electrons. The number of nitrogens with zero attached hydrogens (tertiary/aromatic N) is 3. The Morgan fingerprint density at radius 1 is 1.50 bits per heavy atom. The highest BCUT2D eigenvalue weighted by atomic mass is 16.5. The van der Waals surface area contributed by atoms with E-state index in [4.69, 9.17) is 4.74 Å². The van der Waals surface area contributed by atoms with Crippen LogP contribution in [0.25, 0.3) is 5.52 Å². The molecule has 2 aromatic rings. The van der Waals surface area contributed by atoms with E-state index in [-0.39, 0.29) is 12.0 Å². The number of methoxy groups -OCH3 is 1. The Bertz CT molecular complexity index is 635. The average molecular weight is 273 g/mol. The highest BCUT2D eigenvalue weighted by Crippen LogP contribution is 2.31. The third-order valence-electron chi connectivity index (χ3n) is 4.04. The largest absolute Gasteiger partial charge is 0.464 e. The second-order valence-corrected chi connectivity index (χ2v) is 5.07. The molecule has 1 saturated heterocycles. The SMILES string of the molecule is CCN1CCCC1c1ncc2cccc(C(=O)OC)n12. The Morgan fingerprint density at radius 2 is 2.35 bits per heavy atom. The van der Waals surface area contributed by atoms with Crippen molar-refractivity contribution in [2.24, 2.45) is 0 Å². The van der Waals surface area contributed by atoms with Crippen molar-refractivity contribution in [2.45, 2.75) is 25.8 Å². The lowest BCUT2D eigenvalue weighted by molar-refractivity contribution is 0.0591. The number of imidazole rings is 1. The molecular formula is C15H19N3O2. The van der Waals surface area contributed by atoms with E-state index in [0.717, 1.165) is 30.9 Å². The molecule has 3 heterocycles. The van der Waals surface area contributed by atoms with Gasteiger partial charge in [0.05, 0.1) is 24.9 Å². The topological polar surface area (TPSA) is 46.8 Å². The van der Waals surface area contributed by atoms with Crippen molar-refractivity contribution < 1.29 is 9.53 Å². The van der Waals surface area contributed by atoms with Crippen molar-refractivity contribution in [3.05, 3.63) is 35.9 Å². The van der Waals surface area contributed by atoms with Crippen LogP contribution in [0.2, 0.25) is 0 Å². The minimum atomic E-state index is -0.323. The fourth-order valence-electron chi connectivity index (χ4n) is 3.07. The molecule has 0 N–H and O–H groups in total. The molecule has 20 heavy (non-hydrogen) atoms. The fourth-order valence-corrected chi connectivity index (χ4v) is 3.07. The Balaban J connectivity index is 2.14. The number of carbonyl (C=O) groups excluding carboxylic acids is 1. The molecule has 0 amide bonds. The molecule has 1 aliphatic rings. The van der Waals surface area contributed by atoms with E-state index in [1.54, 1.807) is 6.07 Å². The smallest absolute Gasteiger partial charge is 0.355 e. The van der Waals surface area contributed by atoms with Crippen LogP contribution in [0.5, 0.6) is 0 Å². The molecule has 5 nitrogen and oxygen atoms in total. The Morgan fingerprint density at radius 3 is 3.10 bits per heavy atom. The molecule has 2 aromatic heterocycles. The van der Waals surface area contributed by atoms with Gasteiger partial charge in [-0.25, -0.2) is 9.78 Å². The first-order chi connectivity index (χ1) is 9.76. The summed E-state index contributed by atoms with van der Waals surface area (Å²) in [5, 5.41) is 0. The van der Waals surface area contributed by atoms with Crippen molar-refractivity contribution >= 4 is 11.5 Å². The van der Waals surface area contributed by atoms with Crippen molar-refractivity contribution in [3.8, 4) is 0 Å². The second-order valence-electron chi connectivity index (χ2n) is 5.07. The monoisotopic (exact) mass is 273 g/mol. The number of likely N-dealkylation sites (tertiary alicyclic amines) is 1. The first-order valence-electron chi connectivity index (χ1n) is 7.05. The van der Waals surface area contributed by atoms with Crippen LogP contribution in [0.15, 0.2) is 24.4 Å². The number of rotatable bonds is 3. The summed E-state index contributed by atoms with van der Waals surface area (Å²) in [6.45, 7) is 4.26. The van der Waals surface area contributed by atoms with E-state index in [1.165, 1.54) is 13.5 Å². The van der Waals surface area contributed by atoms with Gasteiger partial charge in [-0.3, -0.25) is 9.30 Å². The quantitative estimate of drug-likeness (QED) is 0.805. The minimum absolute atomic E-state index is 0.285. The first-order valence-corrected chi connectivity index (χ1v) is 7.05. The fraction of sp³-hybridized carbons (Fsp3) is 0.467. The Labute approximate surface area is 118 Å². The van der Waals surface area contributed by atoms with Gasteiger partial charge in [-0.15, -0.1) is 0 Å². The second kappa shape index (κ2) is 5.25. The maximum absolute atomic E-state index is 12.0. The number of aromatic nitrogens is 2. The van der Waals surface area contributed by atoms with Gasteiger partial charge in [-0.05, 0) is 38.1 Å². The van der Waals surface area contributed by atoms with Crippen LogP contribution < -0.4 is 0 Å². The molecular weight excluding hydrogens is 254 g/mol. The molecule has 1 atom stereocenters.